The van der Waals surface area contributed by atoms with Crippen LogP contribution in [0, 0.1) is 6.92 Å². The smallest absolute Gasteiger partial charge is 0.360 e. The molecule has 0 radical (unpaired) electrons. The predicted octanol–water partition coefficient (Wildman–Crippen LogP) is 1.54. The molecule has 0 aromatic carbocycles. The van der Waals surface area contributed by atoms with E-state index in [4.69, 9.17) is 9.15 Å². The van der Waals surface area contributed by atoms with Gasteiger partial charge in [-0.1, -0.05) is 12.2 Å². The Kier molecular flexibility index (Phi) is 2.94. The van der Waals surface area contributed by atoms with E-state index in [2.05, 4.69) is 4.98 Å². The third-order valence-electron chi connectivity index (χ3n) is 2.34. The number of ether oxygens (including phenoxy) is 1. The van der Waals surface area contributed by atoms with E-state index in [1.54, 1.807) is 13.8 Å². The molecular weight excluding hydrogens is 208 g/mol. The van der Waals surface area contributed by atoms with Crippen molar-refractivity contribution in [3.8, 4) is 0 Å². The van der Waals surface area contributed by atoms with Crippen molar-refractivity contribution in [1.29, 1.82) is 0 Å². The number of esters is 1. The quantitative estimate of drug-likeness (QED) is 0.573. The van der Waals surface area contributed by atoms with Crippen LogP contribution in [-0.4, -0.2) is 30.6 Å². The molecule has 0 spiro atoms. The molecular formula is C11H14N2O3. The number of hydrogen-bond acceptors (Lipinski definition) is 5. The molecule has 2 heterocycles. The molecule has 1 aromatic heterocycles. The molecule has 1 aliphatic rings. The predicted molar refractivity (Wildman–Crippen MR) is 58.5 cm³/mol. The molecule has 0 unspecified atom stereocenters. The first-order valence-electron chi connectivity index (χ1n) is 5.27. The maximum Gasteiger partial charge on any atom is 0.360 e. The third-order valence-corrected chi connectivity index (χ3v) is 2.34. The summed E-state index contributed by atoms with van der Waals surface area (Å²) >= 11 is 0. The second-order valence-corrected chi connectivity index (χ2v) is 3.50. The van der Waals surface area contributed by atoms with Crippen molar-refractivity contribution in [2.45, 2.75) is 13.8 Å². The Morgan fingerprint density at radius 1 is 1.56 bits per heavy atom. The summed E-state index contributed by atoms with van der Waals surface area (Å²) in [5.74, 6) is 0.0718. The van der Waals surface area contributed by atoms with Gasteiger partial charge in [-0.2, -0.15) is 4.98 Å². The van der Waals surface area contributed by atoms with Gasteiger partial charge in [0.1, 0.15) is 5.76 Å². The molecule has 0 saturated heterocycles. The minimum Gasteiger partial charge on any atom is -0.461 e. The van der Waals surface area contributed by atoms with Gasteiger partial charge in [-0.3, -0.25) is 0 Å². The van der Waals surface area contributed by atoms with E-state index in [-0.39, 0.29) is 5.69 Å². The van der Waals surface area contributed by atoms with Crippen LogP contribution in [0.15, 0.2) is 16.6 Å². The lowest BCUT2D eigenvalue weighted by molar-refractivity contribution is 0.0518. The van der Waals surface area contributed by atoms with Crippen molar-refractivity contribution < 1.29 is 13.9 Å². The Bertz CT molecular complexity index is 415. The van der Waals surface area contributed by atoms with Crippen LogP contribution < -0.4 is 4.90 Å². The first-order chi connectivity index (χ1) is 7.72. The number of oxazole rings is 1. The number of anilines is 1. The molecule has 16 heavy (non-hydrogen) atoms. The molecule has 86 valence electrons. The fourth-order valence-corrected chi connectivity index (χ4v) is 1.54. The topological polar surface area (TPSA) is 55.6 Å². The zero-order valence-corrected chi connectivity index (χ0v) is 9.40. The van der Waals surface area contributed by atoms with Crippen molar-refractivity contribution in [2.24, 2.45) is 0 Å². The summed E-state index contributed by atoms with van der Waals surface area (Å²) in [6.45, 7) is 5.35. The minimum atomic E-state index is -0.429. The molecule has 1 aliphatic heterocycles. The highest BCUT2D eigenvalue weighted by Gasteiger charge is 2.21. The average Bonchev–Trinajstić information content (AvgIpc) is 2.86. The number of carbonyl (C=O) groups excluding carboxylic acids is 1. The van der Waals surface area contributed by atoms with Crippen LogP contribution in [0.5, 0.6) is 0 Å². The highest BCUT2D eigenvalue weighted by atomic mass is 16.5. The Hall–Kier alpha value is -1.78. The van der Waals surface area contributed by atoms with Crippen LogP contribution in [-0.2, 0) is 4.74 Å². The molecule has 1 aromatic rings. The number of nitrogens with zero attached hydrogens (tertiary/aromatic N) is 2. The number of rotatable bonds is 3. The standard InChI is InChI=1S/C11H14N2O3/c1-3-15-10(14)9-8(2)16-11(12-9)13-6-4-5-7-13/h4-5H,3,6-7H2,1-2H3. The van der Waals surface area contributed by atoms with E-state index in [0.29, 0.717) is 18.4 Å². The SMILES string of the molecule is CCOC(=O)c1nc(N2CC=CC2)oc1C. The molecule has 5 heteroatoms. The second-order valence-electron chi connectivity index (χ2n) is 3.50. The van der Waals surface area contributed by atoms with Crippen molar-refractivity contribution >= 4 is 12.0 Å². The van der Waals surface area contributed by atoms with Gasteiger partial charge in [0.15, 0.2) is 5.69 Å². The summed E-state index contributed by atoms with van der Waals surface area (Å²) in [4.78, 5) is 17.6. The fraction of sp³-hybridized carbons (Fsp3) is 0.455. The van der Waals surface area contributed by atoms with Crippen LogP contribution >= 0.6 is 0 Å². The van der Waals surface area contributed by atoms with Gasteiger partial charge >= 0.3 is 5.97 Å². The Morgan fingerprint density at radius 2 is 2.25 bits per heavy atom. The van der Waals surface area contributed by atoms with Crippen LogP contribution in [0.2, 0.25) is 0 Å². The Balaban J connectivity index is 2.18. The highest BCUT2D eigenvalue weighted by molar-refractivity contribution is 5.88. The lowest BCUT2D eigenvalue weighted by Gasteiger charge is -2.10. The van der Waals surface area contributed by atoms with E-state index in [1.807, 2.05) is 17.1 Å². The van der Waals surface area contributed by atoms with Crippen molar-refractivity contribution in [2.75, 3.05) is 24.6 Å². The number of carbonyl (C=O) groups is 1. The summed E-state index contributed by atoms with van der Waals surface area (Å²) in [5.41, 5.74) is 0.267. The number of aromatic nitrogens is 1. The summed E-state index contributed by atoms with van der Waals surface area (Å²) in [7, 11) is 0. The zero-order chi connectivity index (χ0) is 11.5. The summed E-state index contributed by atoms with van der Waals surface area (Å²) in [6, 6.07) is 0.477. The van der Waals surface area contributed by atoms with Crippen LogP contribution in [0.1, 0.15) is 23.2 Å². The fourth-order valence-electron chi connectivity index (χ4n) is 1.54. The molecule has 0 aliphatic carbocycles. The van der Waals surface area contributed by atoms with Gasteiger partial charge in [-0.05, 0) is 13.8 Å². The van der Waals surface area contributed by atoms with E-state index in [1.165, 1.54) is 0 Å². The van der Waals surface area contributed by atoms with Gasteiger partial charge < -0.3 is 14.1 Å². The lowest BCUT2D eigenvalue weighted by atomic mass is 10.4. The molecule has 0 N–H and O–H groups in total. The zero-order valence-electron chi connectivity index (χ0n) is 9.40. The first kappa shape index (κ1) is 10.7. The summed E-state index contributed by atoms with van der Waals surface area (Å²) in [6.07, 6.45) is 4.06. The molecule has 0 bridgehead atoms. The van der Waals surface area contributed by atoms with Crippen LogP contribution in [0.3, 0.4) is 0 Å². The number of aryl methyl sites for hydroxylation is 1. The monoisotopic (exact) mass is 222 g/mol. The van der Waals surface area contributed by atoms with E-state index < -0.39 is 5.97 Å². The van der Waals surface area contributed by atoms with Crippen LogP contribution in [0.4, 0.5) is 6.01 Å². The molecule has 0 atom stereocenters. The Labute approximate surface area is 93.7 Å². The average molecular weight is 222 g/mol. The molecule has 2 rings (SSSR count). The van der Waals surface area contributed by atoms with E-state index in [9.17, 15) is 4.79 Å². The van der Waals surface area contributed by atoms with Crippen molar-refractivity contribution in [3.63, 3.8) is 0 Å². The highest BCUT2D eigenvalue weighted by Crippen LogP contribution is 2.20. The molecule has 0 saturated carbocycles. The van der Waals surface area contributed by atoms with Gasteiger partial charge in [0, 0.05) is 13.1 Å². The molecule has 0 fully saturated rings. The van der Waals surface area contributed by atoms with Crippen molar-refractivity contribution in [1.82, 2.24) is 4.98 Å². The van der Waals surface area contributed by atoms with Crippen LogP contribution in [0.25, 0.3) is 0 Å². The molecule has 0 amide bonds. The van der Waals surface area contributed by atoms with E-state index in [0.717, 1.165) is 13.1 Å². The van der Waals surface area contributed by atoms with Gasteiger partial charge in [0.2, 0.25) is 0 Å². The molecule has 5 nitrogen and oxygen atoms in total. The third kappa shape index (κ3) is 1.93. The summed E-state index contributed by atoms with van der Waals surface area (Å²) in [5, 5.41) is 0. The lowest BCUT2D eigenvalue weighted by Crippen LogP contribution is -2.19. The van der Waals surface area contributed by atoms with Gasteiger partial charge in [0.05, 0.1) is 6.61 Å². The minimum absolute atomic E-state index is 0.267. The maximum absolute atomic E-state index is 11.5. The van der Waals surface area contributed by atoms with E-state index >= 15 is 0 Å². The second kappa shape index (κ2) is 4.38. The van der Waals surface area contributed by atoms with Gasteiger partial charge in [-0.15, -0.1) is 0 Å². The summed E-state index contributed by atoms with van der Waals surface area (Å²) < 4.78 is 10.3. The van der Waals surface area contributed by atoms with Gasteiger partial charge in [0.25, 0.3) is 6.01 Å². The number of hydrogen-bond donors (Lipinski definition) is 0. The maximum atomic E-state index is 11.5. The largest absolute Gasteiger partial charge is 0.461 e. The first-order valence-corrected chi connectivity index (χ1v) is 5.27. The Morgan fingerprint density at radius 3 is 2.88 bits per heavy atom. The van der Waals surface area contributed by atoms with Gasteiger partial charge in [-0.25, -0.2) is 4.79 Å². The normalized spacial score (nSPS) is 14.5. The van der Waals surface area contributed by atoms with Crippen molar-refractivity contribution in [3.05, 3.63) is 23.6 Å².